The fourth-order valence-corrected chi connectivity index (χ4v) is 6.71. The van der Waals surface area contributed by atoms with Gasteiger partial charge in [0, 0.05) is 5.69 Å². The lowest BCUT2D eigenvalue weighted by Crippen LogP contribution is -2.39. The van der Waals surface area contributed by atoms with E-state index in [0.29, 0.717) is 10.9 Å². The summed E-state index contributed by atoms with van der Waals surface area (Å²) >= 11 is 1.31. The molecule has 31 heavy (non-hydrogen) atoms. The lowest BCUT2D eigenvalue weighted by Gasteiger charge is -2.27. The van der Waals surface area contributed by atoms with E-state index in [1.54, 1.807) is 7.11 Å². The number of rotatable bonds is 5. The Kier molecular flexibility index (Phi) is 5.98. The number of hydrogen-bond acceptors (Lipinski definition) is 7. The van der Waals surface area contributed by atoms with Gasteiger partial charge in [-0.15, -0.1) is 0 Å². The summed E-state index contributed by atoms with van der Waals surface area (Å²) in [6, 6.07) is 12.6. The third-order valence-electron chi connectivity index (χ3n) is 5.66. The van der Waals surface area contributed by atoms with Crippen molar-refractivity contribution < 1.29 is 17.9 Å². The molecule has 0 bridgehead atoms. The van der Waals surface area contributed by atoms with E-state index in [4.69, 9.17) is 4.74 Å². The molecule has 7 nitrogen and oxygen atoms in total. The summed E-state index contributed by atoms with van der Waals surface area (Å²) in [5.41, 5.74) is 3.70. The van der Waals surface area contributed by atoms with Crippen molar-refractivity contribution in [2.75, 3.05) is 34.6 Å². The minimum atomic E-state index is -3.15. The number of hydrogen-bond donors (Lipinski definition) is 1. The Morgan fingerprint density at radius 2 is 1.97 bits per heavy atom. The molecule has 1 amide bonds. The summed E-state index contributed by atoms with van der Waals surface area (Å²) in [6.07, 6.45) is 0. The van der Waals surface area contributed by atoms with Crippen LogP contribution in [0.1, 0.15) is 11.1 Å². The maximum Gasteiger partial charge on any atom is 0.234 e. The number of amidine groups is 1. The number of nitrogens with one attached hydrogen (secondary N) is 1. The van der Waals surface area contributed by atoms with Crippen LogP contribution < -0.4 is 15.0 Å². The topological polar surface area (TPSA) is 88.1 Å². The molecule has 2 aromatic rings. The number of nitrogens with zero attached hydrogens (tertiary/aromatic N) is 2. The number of carbonyl (C=O) groups excluding carboxylic acids is 1. The molecule has 0 spiro atoms. The van der Waals surface area contributed by atoms with Crippen LogP contribution in [-0.2, 0) is 14.6 Å². The fraction of sp³-hybridized carbons (Fsp3) is 0.364. The summed E-state index contributed by atoms with van der Waals surface area (Å²) in [4.78, 5) is 19.2. The number of sulfone groups is 1. The second-order valence-corrected chi connectivity index (χ2v) is 10.8. The predicted molar refractivity (Wildman–Crippen MR) is 126 cm³/mol. The highest BCUT2D eigenvalue weighted by Gasteiger charge is 2.47. The molecule has 0 aliphatic carbocycles. The second kappa shape index (κ2) is 8.55. The van der Waals surface area contributed by atoms with E-state index < -0.39 is 9.84 Å². The van der Waals surface area contributed by atoms with Gasteiger partial charge in [-0.1, -0.05) is 36.0 Å². The molecule has 164 valence electrons. The molecular weight excluding hydrogens is 434 g/mol. The third-order valence-corrected chi connectivity index (χ3v) is 8.33. The molecule has 2 heterocycles. The predicted octanol–water partition coefficient (Wildman–Crippen LogP) is 3.03. The Labute approximate surface area is 186 Å². The fourth-order valence-electron chi connectivity index (χ4n) is 3.95. The van der Waals surface area contributed by atoms with Crippen LogP contribution in [0.25, 0.3) is 0 Å². The lowest BCUT2D eigenvalue weighted by molar-refractivity contribution is -0.113. The normalized spacial score (nSPS) is 21.5. The number of amides is 1. The highest BCUT2D eigenvalue weighted by Crippen LogP contribution is 2.39. The van der Waals surface area contributed by atoms with Gasteiger partial charge in [-0.3, -0.25) is 9.79 Å². The SMILES string of the molecule is COc1ccccc1N1C(SCC(=O)Nc2cccc(C)c2C)=N[C@@H]2CS(=O)(=O)C[C@@H]21. The average Bonchev–Trinajstić information content (AvgIpc) is 3.20. The maximum atomic E-state index is 12.6. The van der Waals surface area contributed by atoms with Crippen molar-refractivity contribution in [3.8, 4) is 5.75 Å². The van der Waals surface area contributed by atoms with Crippen molar-refractivity contribution in [1.29, 1.82) is 0 Å². The monoisotopic (exact) mass is 459 g/mol. The Morgan fingerprint density at radius 3 is 2.74 bits per heavy atom. The molecule has 4 rings (SSSR count). The molecule has 2 atom stereocenters. The van der Waals surface area contributed by atoms with Gasteiger partial charge < -0.3 is 15.0 Å². The number of aryl methyl sites for hydroxylation is 1. The van der Waals surface area contributed by atoms with Crippen LogP contribution in [0, 0.1) is 13.8 Å². The highest BCUT2D eigenvalue weighted by atomic mass is 32.2. The zero-order chi connectivity index (χ0) is 22.2. The van der Waals surface area contributed by atoms with Crippen molar-refractivity contribution in [3.63, 3.8) is 0 Å². The maximum absolute atomic E-state index is 12.6. The molecule has 0 aromatic heterocycles. The van der Waals surface area contributed by atoms with E-state index in [2.05, 4.69) is 10.3 Å². The van der Waals surface area contributed by atoms with Crippen LogP contribution >= 0.6 is 11.8 Å². The molecule has 0 radical (unpaired) electrons. The molecular formula is C22H25N3O4S2. The van der Waals surface area contributed by atoms with E-state index in [1.165, 1.54) is 11.8 Å². The molecule has 0 saturated carbocycles. The number of ether oxygens (including phenoxy) is 1. The van der Waals surface area contributed by atoms with E-state index in [9.17, 15) is 13.2 Å². The highest BCUT2D eigenvalue weighted by molar-refractivity contribution is 8.14. The van der Waals surface area contributed by atoms with Crippen molar-refractivity contribution >= 4 is 44.0 Å². The van der Waals surface area contributed by atoms with Gasteiger partial charge in [0.2, 0.25) is 5.91 Å². The van der Waals surface area contributed by atoms with Crippen LogP contribution in [0.3, 0.4) is 0 Å². The summed E-state index contributed by atoms with van der Waals surface area (Å²) < 4.78 is 29.9. The zero-order valence-electron chi connectivity index (χ0n) is 17.7. The van der Waals surface area contributed by atoms with Gasteiger partial charge in [-0.2, -0.15) is 0 Å². The van der Waals surface area contributed by atoms with Crippen LogP contribution in [-0.4, -0.2) is 55.9 Å². The number of aliphatic imine (C=N–C) groups is 1. The molecule has 2 aliphatic heterocycles. The number of carbonyl (C=O) groups is 1. The molecule has 2 aromatic carbocycles. The molecule has 9 heteroatoms. The van der Waals surface area contributed by atoms with Gasteiger partial charge in [-0.05, 0) is 43.2 Å². The lowest BCUT2D eigenvalue weighted by atomic mass is 10.1. The summed E-state index contributed by atoms with van der Waals surface area (Å²) in [6.45, 7) is 3.98. The molecule has 1 saturated heterocycles. The van der Waals surface area contributed by atoms with Gasteiger partial charge in [0.1, 0.15) is 5.75 Å². The molecule has 2 aliphatic rings. The van der Waals surface area contributed by atoms with Crippen molar-refractivity contribution in [1.82, 2.24) is 0 Å². The Morgan fingerprint density at radius 1 is 1.19 bits per heavy atom. The first-order valence-electron chi connectivity index (χ1n) is 9.98. The smallest absolute Gasteiger partial charge is 0.234 e. The molecule has 1 fully saturated rings. The quantitative estimate of drug-likeness (QED) is 0.740. The van der Waals surface area contributed by atoms with Crippen molar-refractivity contribution in [2.45, 2.75) is 25.9 Å². The summed E-state index contributed by atoms with van der Waals surface area (Å²) in [5.74, 6) is 0.746. The Hall–Kier alpha value is -2.52. The van der Waals surface area contributed by atoms with E-state index >= 15 is 0 Å². The van der Waals surface area contributed by atoms with E-state index in [-0.39, 0.29) is 35.2 Å². The second-order valence-electron chi connectivity index (χ2n) is 7.75. The summed E-state index contributed by atoms with van der Waals surface area (Å²) in [5, 5.41) is 3.61. The zero-order valence-corrected chi connectivity index (χ0v) is 19.3. The summed E-state index contributed by atoms with van der Waals surface area (Å²) in [7, 11) is -1.57. The number of para-hydroxylation sites is 2. The Balaban J connectivity index is 1.54. The van der Waals surface area contributed by atoms with Gasteiger partial charge in [-0.25, -0.2) is 8.42 Å². The first kappa shape index (κ1) is 21.7. The van der Waals surface area contributed by atoms with Crippen LogP contribution in [0.15, 0.2) is 47.5 Å². The number of methoxy groups -OCH3 is 1. The average molecular weight is 460 g/mol. The van der Waals surface area contributed by atoms with Crippen LogP contribution in [0.2, 0.25) is 0 Å². The van der Waals surface area contributed by atoms with Gasteiger partial charge in [0.05, 0.1) is 42.1 Å². The van der Waals surface area contributed by atoms with Crippen molar-refractivity contribution in [3.05, 3.63) is 53.6 Å². The van der Waals surface area contributed by atoms with Gasteiger partial charge >= 0.3 is 0 Å². The minimum Gasteiger partial charge on any atom is -0.495 e. The van der Waals surface area contributed by atoms with Crippen molar-refractivity contribution in [2.24, 2.45) is 4.99 Å². The van der Waals surface area contributed by atoms with Gasteiger partial charge in [0.25, 0.3) is 0 Å². The third kappa shape index (κ3) is 4.43. The molecule has 0 unspecified atom stereocenters. The minimum absolute atomic E-state index is 0.0298. The molecule has 1 N–H and O–H groups in total. The number of benzene rings is 2. The number of thioether (sulfide) groups is 1. The van der Waals surface area contributed by atoms with Crippen LogP contribution in [0.4, 0.5) is 11.4 Å². The van der Waals surface area contributed by atoms with E-state index in [1.807, 2.05) is 61.2 Å². The largest absolute Gasteiger partial charge is 0.495 e. The Bertz CT molecular complexity index is 1150. The standard InChI is InChI=1S/C22H25N3O4S2/c1-14-7-6-8-16(15(14)2)23-21(26)11-30-22-24-17-12-31(27,28)13-19(17)25(22)18-9-4-5-10-20(18)29-3/h4-10,17,19H,11-13H2,1-3H3,(H,23,26)/t17-,19+/m1/s1. The number of fused-ring (bicyclic) bond motifs is 1. The van der Waals surface area contributed by atoms with E-state index in [0.717, 1.165) is 22.5 Å². The first-order valence-corrected chi connectivity index (χ1v) is 12.8. The first-order chi connectivity index (χ1) is 14.8. The van der Waals surface area contributed by atoms with Crippen LogP contribution in [0.5, 0.6) is 5.75 Å². The van der Waals surface area contributed by atoms with Gasteiger partial charge in [0.15, 0.2) is 15.0 Å². The number of anilines is 2.